The van der Waals surface area contributed by atoms with Crippen LogP contribution < -0.4 is 11.1 Å². The van der Waals surface area contributed by atoms with Crippen molar-refractivity contribution in [2.75, 3.05) is 26.8 Å². The Morgan fingerprint density at radius 3 is 2.60 bits per heavy atom. The van der Waals surface area contributed by atoms with E-state index in [2.05, 4.69) is 12.2 Å². The van der Waals surface area contributed by atoms with Gasteiger partial charge >= 0.3 is 0 Å². The van der Waals surface area contributed by atoms with Crippen LogP contribution in [0, 0.1) is 11.8 Å². The maximum Gasteiger partial charge on any atom is 0.220 e. The zero-order valence-electron chi connectivity index (χ0n) is 10.1. The van der Waals surface area contributed by atoms with Gasteiger partial charge in [0.1, 0.15) is 0 Å². The van der Waals surface area contributed by atoms with Crippen molar-refractivity contribution in [1.29, 1.82) is 0 Å². The van der Waals surface area contributed by atoms with E-state index in [0.717, 1.165) is 6.42 Å². The van der Waals surface area contributed by atoms with Gasteiger partial charge in [-0.25, -0.2) is 0 Å². The van der Waals surface area contributed by atoms with Crippen LogP contribution in [0.3, 0.4) is 0 Å². The minimum Gasteiger partial charge on any atom is -0.384 e. The second-order valence-corrected chi connectivity index (χ2v) is 4.24. The molecule has 3 N–H and O–H groups in total. The summed E-state index contributed by atoms with van der Waals surface area (Å²) in [6.45, 7) is 6.11. The number of carbonyl (C=O) groups excluding carboxylic acids is 1. The van der Waals surface area contributed by atoms with Gasteiger partial charge in [0.2, 0.25) is 5.91 Å². The Morgan fingerprint density at radius 2 is 2.07 bits per heavy atom. The third kappa shape index (κ3) is 8.39. The molecule has 0 saturated heterocycles. The molecule has 2 unspecified atom stereocenters. The van der Waals surface area contributed by atoms with Gasteiger partial charge in [-0.3, -0.25) is 4.79 Å². The number of nitrogens with two attached hydrogens (primary N) is 1. The van der Waals surface area contributed by atoms with Crippen molar-refractivity contribution in [2.24, 2.45) is 17.6 Å². The Kier molecular flexibility index (Phi) is 8.33. The van der Waals surface area contributed by atoms with Gasteiger partial charge in [0.05, 0.1) is 6.61 Å². The Morgan fingerprint density at radius 1 is 1.40 bits per heavy atom. The number of methoxy groups -OCH3 is 1. The summed E-state index contributed by atoms with van der Waals surface area (Å²) in [4.78, 5) is 11.4. The number of carbonyl (C=O) groups is 1. The Bertz CT molecular complexity index is 174. The number of hydrogen-bond donors (Lipinski definition) is 2. The maximum absolute atomic E-state index is 11.4. The molecule has 0 aliphatic carbocycles. The average molecular weight is 216 g/mol. The van der Waals surface area contributed by atoms with E-state index in [1.807, 2.05) is 6.92 Å². The van der Waals surface area contributed by atoms with Crippen LogP contribution in [0.4, 0.5) is 0 Å². The summed E-state index contributed by atoms with van der Waals surface area (Å²) in [6, 6.07) is 0. The van der Waals surface area contributed by atoms with Crippen LogP contribution in [0.15, 0.2) is 0 Å². The van der Waals surface area contributed by atoms with E-state index in [4.69, 9.17) is 10.5 Å². The van der Waals surface area contributed by atoms with Gasteiger partial charge in [-0.2, -0.15) is 0 Å². The van der Waals surface area contributed by atoms with Gasteiger partial charge < -0.3 is 15.8 Å². The van der Waals surface area contributed by atoms with Crippen LogP contribution in [-0.2, 0) is 9.53 Å². The van der Waals surface area contributed by atoms with Crippen molar-refractivity contribution in [2.45, 2.75) is 26.7 Å². The lowest BCUT2D eigenvalue weighted by molar-refractivity contribution is -0.121. The molecule has 0 spiro atoms. The van der Waals surface area contributed by atoms with Gasteiger partial charge in [-0.15, -0.1) is 0 Å². The summed E-state index contributed by atoms with van der Waals surface area (Å²) in [5.41, 5.74) is 5.47. The summed E-state index contributed by atoms with van der Waals surface area (Å²) in [7, 11) is 1.67. The first-order valence-electron chi connectivity index (χ1n) is 5.55. The fourth-order valence-corrected chi connectivity index (χ4v) is 1.22. The van der Waals surface area contributed by atoms with E-state index in [1.165, 1.54) is 0 Å². The number of ether oxygens (including phenoxy) is 1. The molecule has 0 fully saturated rings. The van der Waals surface area contributed by atoms with E-state index in [-0.39, 0.29) is 5.91 Å². The largest absolute Gasteiger partial charge is 0.384 e. The predicted molar refractivity (Wildman–Crippen MR) is 61.5 cm³/mol. The molecule has 0 bridgehead atoms. The van der Waals surface area contributed by atoms with Gasteiger partial charge in [0.15, 0.2) is 0 Å². The standard InChI is InChI=1S/C11H24N2O2/c1-9(6-12)4-5-11(14)13-7-10(2)8-15-3/h9-10H,4-8,12H2,1-3H3,(H,13,14). The molecule has 4 nitrogen and oxygen atoms in total. The highest BCUT2D eigenvalue weighted by Gasteiger charge is 2.07. The zero-order valence-corrected chi connectivity index (χ0v) is 10.1. The smallest absolute Gasteiger partial charge is 0.220 e. The fraction of sp³-hybridized carbons (Fsp3) is 0.909. The lowest BCUT2D eigenvalue weighted by Crippen LogP contribution is -2.30. The van der Waals surface area contributed by atoms with Gasteiger partial charge in [0, 0.05) is 20.1 Å². The zero-order chi connectivity index (χ0) is 11.7. The predicted octanol–water partition coefficient (Wildman–Crippen LogP) is 0.760. The van der Waals surface area contributed by atoms with E-state index >= 15 is 0 Å². The molecule has 0 radical (unpaired) electrons. The van der Waals surface area contributed by atoms with Crippen LogP contribution in [0.5, 0.6) is 0 Å². The summed E-state index contributed by atoms with van der Waals surface area (Å²) >= 11 is 0. The van der Waals surface area contributed by atoms with Crippen LogP contribution in [-0.4, -0.2) is 32.7 Å². The maximum atomic E-state index is 11.4. The van der Waals surface area contributed by atoms with Crippen LogP contribution in [0.1, 0.15) is 26.7 Å². The molecular weight excluding hydrogens is 192 g/mol. The van der Waals surface area contributed by atoms with Crippen LogP contribution in [0.25, 0.3) is 0 Å². The highest BCUT2D eigenvalue weighted by atomic mass is 16.5. The van der Waals surface area contributed by atoms with Crippen molar-refractivity contribution in [3.05, 3.63) is 0 Å². The summed E-state index contributed by atoms with van der Waals surface area (Å²) in [5.74, 6) is 0.899. The first-order valence-corrected chi connectivity index (χ1v) is 5.55. The summed E-state index contributed by atoms with van der Waals surface area (Å²) < 4.78 is 4.98. The minimum atomic E-state index is 0.109. The molecule has 2 atom stereocenters. The Hall–Kier alpha value is -0.610. The first-order chi connectivity index (χ1) is 7.10. The fourth-order valence-electron chi connectivity index (χ4n) is 1.22. The molecule has 90 valence electrons. The lowest BCUT2D eigenvalue weighted by atomic mass is 10.1. The third-order valence-corrected chi connectivity index (χ3v) is 2.37. The van der Waals surface area contributed by atoms with Crippen molar-refractivity contribution in [1.82, 2.24) is 5.32 Å². The molecule has 0 aliphatic rings. The molecule has 1 amide bonds. The van der Waals surface area contributed by atoms with Gasteiger partial charge in [0.25, 0.3) is 0 Å². The minimum absolute atomic E-state index is 0.109. The second kappa shape index (κ2) is 8.68. The molecule has 15 heavy (non-hydrogen) atoms. The third-order valence-electron chi connectivity index (χ3n) is 2.37. The number of rotatable bonds is 8. The van der Waals surface area contributed by atoms with Gasteiger partial charge in [-0.05, 0) is 24.8 Å². The number of amides is 1. The van der Waals surface area contributed by atoms with Crippen molar-refractivity contribution >= 4 is 5.91 Å². The molecule has 4 heteroatoms. The summed E-state index contributed by atoms with van der Waals surface area (Å²) in [5, 5.41) is 2.89. The molecule has 0 aliphatic heterocycles. The second-order valence-electron chi connectivity index (χ2n) is 4.24. The monoisotopic (exact) mass is 216 g/mol. The van der Waals surface area contributed by atoms with E-state index in [9.17, 15) is 4.79 Å². The van der Waals surface area contributed by atoms with E-state index in [0.29, 0.717) is 38.0 Å². The first kappa shape index (κ1) is 14.4. The summed E-state index contributed by atoms with van der Waals surface area (Å²) in [6.07, 6.45) is 1.43. The van der Waals surface area contributed by atoms with Crippen LogP contribution in [0.2, 0.25) is 0 Å². The quantitative estimate of drug-likeness (QED) is 0.629. The van der Waals surface area contributed by atoms with Gasteiger partial charge in [-0.1, -0.05) is 13.8 Å². The van der Waals surface area contributed by atoms with Crippen molar-refractivity contribution in [3.63, 3.8) is 0 Å². The van der Waals surface area contributed by atoms with Crippen molar-refractivity contribution in [3.8, 4) is 0 Å². The molecular formula is C11H24N2O2. The van der Waals surface area contributed by atoms with E-state index in [1.54, 1.807) is 7.11 Å². The Balaban J connectivity index is 3.48. The number of hydrogen-bond acceptors (Lipinski definition) is 3. The number of nitrogens with one attached hydrogen (secondary N) is 1. The average Bonchev–Trinajstić information content (AvgIpc) is 2.23. The van der Waals surface area contributed by atoms with E-state index < -0.39 is 0 Å². The molecule has 0 heterocycles. The van der Waals surface area contributed by atoms with Crippen molar-refractivity contribution < 1.29 is 9.53 Å². The molecule has 0 aromatic rings. The normalized spacial score (nSPS) is 14.7. The molecule has 0 saturated carbocycles. The highest BCUT2D eigenvalue weighted by molar-refractivity contribution is 5.75. The molecule has 0 aromatic carbocycles. The van der Waals surface area contributed by atoms with Crippen LogP contribution >= 0.6 is 0 Å². The molecule has 0 rings (SSSR count). The Labute approximate surface area is 92.6 Å². The molecule has 0 aromatic heterocycles. The SMILES string of the molecule is COCC(C)CNC(=O)CCC(C)CN. The topological polar surface area (TPSA) is 64.3 Å². The highest BCUT2D eigenvalue weighted by Crippen LogP contribution is 2.02. The lowest BCUT2D eigenvalue weighted by Gasteiger charge is -2.12.